The average molecular weight is 355 g/mol. The zero-order chi connectivity index (χ0) is 12.2. The van der Waals surface area contributed by atoms with Crippen LogP contribution >= 0.6 is 22.6 Å². The van der Waals surface area contributed by atoms with Crippen LogP contribution in [0.25, 0.3) is 0 Å². The van der Waals surface area contributed by atoms with E-state index in [9.17, 15) is 13.2 Å². The normalized spacial score (nSPS) is 11.3. The number of carboxylic acids is 1. The van der Waals surface area contributed by atoms with Crippen molar-refractivity contribution in [3.63, 3.8) is 0 Å². The van der Waals surface area contributed by atoms with Gasteiger partial charge in [0.2, 0.25) is 10.0 Å². The molecule has 1 aromatic carbocycles. The molecule has 16 heavy (non-hydrogen) atoms. The number of aliphatic carboxylic acids is 1. The number of nitrogens with one attached hydrogen (secondary N) is 1. The fraction of sp³-hybridized carbons (Fsp3) is 0.222. The Bertz CT molecular complexity index is 469. The zero-order valence-electron chi connectivity index (χ0n) is 8.18. The van der Waals surface area contributed by atoms with E-state index in [1.54, 1.807) is 12.1 Å². The third kappa shape index (κ3) is 4.06. The van der Waals surface area contributed by atoms with Gasteiger partial charge in [-0.2, -0.15) is 0 Å². The molecule has 0 bridgehead atoms. The molecule has 5 nitrogen and oxygen atoms in total. The number of hydrogen-bond acceptors (Lipinski definition) is 3. The summed E-state index contributed by atoms with van der Waals surface area (Å²) in [7, 11) is -3.59. The van der Waals surface area contributed by atoms with Gasteiger partial charge in [-0.1, -0.05) is 0 Å². The fourth-order valence-electron chi connectivity index (χ4n) is 0.989. The minimum atomic E-state index is -3.59. The quantitative estimate of drug-likeness (QED) is 0.774. The first-order valence-corrected chi connectivity index (χ1v) is 6.95. The van der Waals surface area contributed by atoms with Crippen molar-refractivity contribution in [3.8, 4) is 0 Å². The number of rotatable bonds is 5. The van der Waals surface area contributed by atoms with Gasteiger partial charge in [-0.15, -0.1) is 0 Å². The number of sulfonamides is 1. The van der Waals surface area contributed by atoms with Crippen LogP contribution in [0.4, 0.5) is 0 Å². The van der Waals surface area contributed by atoms with Gasteiger partial charge in [0.05, 0.1) is 11.3 Å². The van der Waals surface area contributed by atoms with E-state index in [0.717, 1.165) is 3.57 Å². The van der Waals surface area contributed by atoms with Crippen molar-refractivity contribution in [2.75, 3.05) is 6.54 Å². The van der Waals surface area contributed by atoms with Gasteiger partial charge in [0.1, 0.15) is 0 Å². The topological polar surface area (TPSA) is 83.5 Å². The summed E-state index contributed by atoms with van der Waals surface area (Å²) in [4.78, 5) is 10.4. The average Bonchev–Trinajstić information content (AvgIpc) is 2.17. The SMILES string of the molecule is O=C(O)CCNS(=O)(=O)c1ccc(I)cc1. The van der Waals surface area contributed by atoms with Crippen molar-refractivity contribution in [1.82, 2.24) is 4.72 Å². The lowest BCUT2D eigenvalue weighted by Crippen LogP contribution is -2.26. The maximum Gasteiger partial charge on any atom is 0.304 e. The van der Waals surface area contributed by atoms with Gasteiger partial charge in [0.25, 0.3) is 0 Å². The lowest BCUT2D eigenvalue weighted by Gasteiger charge is -2.05. The Hall–Kier alpha value is -0.670. The second-order valence-corrected chi connectivity index (χ2v) is 6.01. The van der Waals surface area contributed by atoms with Gasteiger partial charge in [-0.3, -0.25) is 4.79 Å². The van der Waals surface area contributed by atoms with Gasteiger partial charge >= 0.3 is 5.97 Å². The molecule has 0 saturated heterocycles. The van der Waals surface area contributed by atoms with E-state index >= 15 is 0 Å². The number of benzene rings is 1. The Morgan fingerprint density at radius 1 is 1.31 bits per heavy atom. The van der Waals surface area contributed by atoms with Gasteiger partial charge in [-0.05, 0) is 46.9 Å². The van der Waals surface area contributed by atoms with E-state index in [2.05, 4.69) is 27.3 Å². The van der Waals surface area contributed by atoms with Crippen LogP contribution in [-0.2, 0) is 14.8 Å². The Morgan fingerprint density at radius 2 is 1.88 bits per heavy atom. The first-order chi connectivity index (χ1) is 7.42. The predicted octanol–water partition coefficient (Wildman–Crippen LogP) is 1.04. The van der Waals surface area contributed by atoms with Crippen LogP contribution < -0.4 is 4.72 Å². The number of carbonyl (C=O) groups is 1. The summed E-state index contributed by atoms with van der Waals surface area (Å²) in [6, 6.07) is 6.30. The van der Waals surface area contributed by atoms with Gasteiger partial charge < -0.3 is 5.11 Å². The number of carboxylic acid groups (broad SMARTS) is 1. The van der Waals surface area contributed by atoms with Crippen molar-refractivity contribution < 1.29 is 18.3 Å². The Balaban J connectivity index is 2.71. The second kappa shape index (κ2) is 5.60. The highest BCUT2D eigenvalue weighted by Gasteiger charge is 2.13. The maximum absolute atomic E-state index is 11.6. The molecule has 0 aliphatic rings. The minimum Gasteiger partial charge on any atom is -0.481 e. The third-order valence-corrected chi connectivity index (χ3v) is 3.95. The molecule has 0 amide bonds. The molecular weight excluding hydrogens is 345 g/mol. The smallest absolute Gasteiger partial charge is 0.304 e. The largest absolute Gasteiger partial charge is 0.481 e. The predicted molar refractivity (Wildman–Crippen MR) is 66.6 cm³/mol. The molecule has 2 N–H and O–H groups in total. The summed E-state index contributed by atoms with van der Waals surface area (Å²) < 4.78 is 26.4. The summed E-state index contributed by atoms with van der Waals surface area (Å²) in [5.41, 5.74) is 0. The summed E-state index contributed by atoms with van der Waals surface area (Å²) >= 11 is 2.07. The highest BCUT2D eigenvalue weighted by atomic mass is 127. The van der Waals surface area contributed by atoms with Crippen LogP contribution in [0.3, 0.4) is 0 Å². The lowest BCUT2D eigenvalue weighted by atomic mass is 10.4. The van der Waals surface area contributed by atoms with Crippen LogP contribution in [0.2, 0.25) is 0 Å². The molecule has 0 aromatic heterocycles. The number of hydrogen-bond donors (Lipinski definition) is 2. The second-order valence-electron chi connectivity index (χ2n) is 3.00. The molecule has 1 rings (SSSR count). The molecule has 0 aliphatic carbocycles. The first-order valence-electron chi connectivity index (χ1n) is 4.39. The van der Waals surface area contributed by atoms with Gasteiger partial charge in [-0.25, -0.2) is 13.1 Å². The van der Waals surface area contributed by atoms with Crippen molar-refractivity contribution >= 4 is 38.6 Å². The summed E-state index contributed by atoms with van der Waals surface area (Å²) in [6.07, 6.45) is -0.233. The molecule has 0 spiro atoms. The number of halogens is 1. The molecule has 88 valence electrons. The highest BCUT2D eigenvalue weighted by Crippen LogP contribution is 2.11. The molecule has 0 heterocycles. The van der Waals surface area contributed by atoms with Gasteiger partial charge in [0.15, 0.2) is 0 Å². The molecule has 0 saturated carbocycles. The Labute approximate surface area is 107 Å². The fourth-order valence-corrected chi connectivity index (χ4v) is 2.38. The molecule has 1 aromatic rings. The van der Waals surface area contributed by atoms with Crippen molar-refractivity contribution in [1.29, 1.82) is 0 Å². The molecule has 0 radical (unpaired) electrons. The summed E-state index contributed by atoms with van der Waals surface area (Å²) in [5, 5.41) is 8.38. The molecule has 0 fully saturated rings. The molecule has 0 atom stereocenters. The van der Waals surface area contributed by atoms with Crippen LogP contribution in [0, 0.1) is 3.57 Å². The van der Waals surface area contributed by atoms with Crippen LogP contribution in [-0.4, -0.2) is 26.0 Å². The molecular formula is C9H10INO4S. The monoisotopic (exact) mass is 355 g/mol. The van der Waals surface area contributed by atoms with E-state index in [1.807, 2.05) is 0 Å². The van der Waals surface area contributed by atoms with E-state index in [4.69, 9.17) is 5.11 Å². The van der Waals surface area contributed by atoms with Gasteiger partial charge in [0, 0.05) is 10.1 Å². The summed E-state index contributed by atoms with van der Waals surface area (Å²) in [6.45, 7) is -0.107. The molecule has 7 heteroatoms. The van der Waals surface area contributed by atoms with Crippen molar-refractivity contribution in [2.45, 2.75) is 11.3 Å². The molecule has 0 unspecified atom stereocenters. The van der Waals surface area contributed by atoms with E-state index in [-0.39, 0.29) is 17.9 Å². The van der Waals surface area contributed by atoms with Crippen molar-refractivity contribution in [2.24, 2.45) is 0 Å². The van der Waals surface area contributed by atoms with E-state index < -0.39 is 16.0 Å². The highest BCUT2D eigenvalue weighted by molar-refractivity contribution is 14.1. The Morgan fingerprint density at radius 3 is 2.38 bits per heavy atom. The van der Waals surface area contributed by atoms with Crippen LogP contribution in [0.5, 0.6) is 0 Å². The Kier molecular flexibility index (Phi) is 4.69. The third-order valence-electron chi connectivity index (χ3n) is 1.75. The van der Waals surface area contributed by atoms with Crippen LogP contribution in [0.1, 0.15) is 6.42 Å². The molecule has 0 aliphatic heterocycles. The van der Waals surface area contributed by atoms with E-state index in [0.29, 0.717) is 0 Å². The minimum absolute atomic E-state index is 0.107. The first kappa shape index (κ1) is 13.4. The zero-order valence-corrected chi connectivity index (χ0v) is 11.2. The van der Waals surface area contributed by atoms with Crippen molar-refractivity contribution in [3.05, 3.63) is 27.8 Å². The van der Waals surface area contributed by atoms with E-state index in [1.165, 1.54) is 12.1 Å². The standard InChI is InChI=1S/C9H10INO4S/c10-7-1-3-8(4-2-7)16(14,15)11-6-5-9(12)13/h1-4,11H,5-6H2,(H,12,13). The summed E-state index contributed by atoms with van der Waals surface area (Å²) in [5.74, 6) is -1.04. The maximum atomic E-state index is 11.6. The lowest BCUT2D eigenvalue weighted by molar-refractivity contribution is -0.136. The van der Waals surface area contributed by atoms with Crippen LogP contribution in [0.15, 0.2) is 29.2 Å².